The predicted octanol–water partition coefficient (Wildman–Crippen LogP) is 4.59. The highest BCUT2D eigenvalue weighted by molar-refractivity contribution is 7.89. The number of nitrogens with one attached hydrogen (secondary N) is 1. The Morgan fingerprint density at radius 1 is 0.882 bits per heavy atom. The number of ether oxygens (including phenoxy) is 2. The number of benzene rings is 3. The molecular weight excluding hydrogens is 476 g/mol. The Bertz CT molecular complexity index is 1470. The number of rotatable bonds is 8. The van der Waals surface area contributed by atoms with E-state index in [-0.39, 0.29) is 23.5 Å². The molecule has 0 atom stereocenters. The number of aromatic nitrogens is 1. The number of nitrogens with zero attached hydrogens (tertiary/aromatic N) is 1. The average molecular weight is 499 g/mol. The van der Waals surface area contributed by atoms with Gasteiger partial charge in [0.15, 0.2) is 11.5 Å². The predicted molar refractivity (Wildman–Crippen MR) is 132 cm³/mol. The van der Waals surface area contributed by atoms with E-state index in [1.807, 2.05) is 30.3 Å². The summed E-state index contributed by atoms with van der Waals surface area (Å²) in [6, 6.07) is 20.3. The second kappa shape index (κ2) is 9.89. The summed E-state index contributed by atoms with van der Waals surface area (Å²) in [6.07, 6.45) is 0. The summed E-state index contributed by atoms with van der Waals surface area (Å²) >= 11 is 5.95. The fourth-order valence-electron chi connectivity index (χ4n) is 3.65. The highest BCUT2D eigenvalue weighted by Gasteiger charge is 2.26. The number of methoxy groups -OCH3 is 2. The van der Waals surface area contributed by atoms with E-state index >= 15 is 0 Å². The zero-order chi connectivity index (χ0) is 24.3. The molecule has 4 aromatic rings. The lowest BCUT2D eigenvalue weighted by molar-refractivity contribution is 0.355. The Labute approximate surface area is 202 Å². The SMILES string of the molecule is COc1cc2cc(CN(Cc3ccccc3)S(=O)(=O)c3ccc(Cl)cc3)c(=O)[nH]c2cc1OC. The van der Waals surface area contributed by atoms with Crippen LogP contribution in [0.1, 0.15) is 11.1 Å². The largest absolute Gasteiger partial charge is 0.493 e. The Morgan fingerprint density at radius 3 is 2.18 bits per heavy atom. The average Bonchev–Trinajstić information content (AvgIpc) is 2.84. The Morgan fingerprint density at radius 2 is 1.53 bits per heavy atom. The molecule has 0 fully saturated rings. The van der Waals surface area contributed by atoms with Crippen molar-refractivity contribution >= 4 is 32.5 Å². The fourth-order valence-corrected chi connectivity index (χ4v) is 5.19. The molecule has 1 heterocycles. The van der Waals surface area contributed by atoms with Crippen LogP contribution in [0.25, 0.3) is 10.9 Å². The van der Waals surface area contributed by atoms with E-state index in [0.29, 0.717) is 33.0 Å². The monoisotopic (exact) mass is 498 g/mol. The molecule has 0 bridgehead atoms. The Hall–Kier alpha value is -3.33. The Kier molecular flexibility index (Phi) is 6.92. The van der Waals surface area contributed by atoms with Gasteiger partial charge in [0, 0.05) is 35.1 Å². The van der Waals surface area contributed by atoms with Crippen LogP contribution in [0.2, 0.25) is 5.02 Å². The molecule has 0 amide bonds. The zero-order valence-electron chi connectivity index (χ0n) is 18.6. The zero-order valence-corrected chi connectivity index (χ0v) is 20.2. The molecule has 4 rings (SSSR count). The second-order valence-corrected chi connectivity index (χ2v) is 10.0. The number of H-pyrrole nitrogens is 1. The van der Waals surface area contributed by atoms with Crippen LogP contribution in [-0.2, 0) is 23.1 Å². The van der Waals surface area contributed by atoms with Gasteiger partial charge in [-0.3, -0.25) is 4.79 Å². The lowest BCUT2D eigenvalue weighted by atomic mass is 10.1. The summed E-state index contributed by atoms with van der Waals surface area (Å²) in [7, 11) is -0.893. The maximum absolute atomic E-state index is 13.5. The first-order chi connectivity index (χ1) is 16.3. The molecule has 0 saturated heterocycles. The molecule has 3 aromatic carbocycles. The molecule has 176 valence electrons. The van der Waals surface area contributed by atoms with Gasteiger partial charge in [-0.1, -0.05) is 41.9 Å². The van der Waals surface area contributed by atoms with E-state index in [2.05, 4.69) is 4.98 Å². The third-order valence-electron chi connectivity index (χ3n) is 5.43. The van der Waals surface area contributed by atoms with Gasteiger partial charge >= 0.3 is 0 Å². The quantitative estimate of drug-likeness (QED) is 0.384. The highest BCUT2D eigenvalue weighted by Crippen LogP contribution is 2.31. The molecule has 0 radical (unpaired) electrons. The van der Waals surface area contributed by atoms with Crippen LogP contribution < -0.4 is 15.0 Å². The summed E-state index contributed by atoms with van der Waals surface area (Å²) in [5.41, 5.74) is 1.27. The highest BCUT2D eigenvalue weighted by atomic mass is 35.5. The van der Waals surface area contributed by atoms with Crippen molar-refractivity contribution in [3.8, 4) is 11.5 Å². The van der Waals surface area contributed by atoms with Crippen molar-refractivity contribution in [2.24, 2.45) is 0 Å². The molecule has 0 aliphatic carbocycles. The molecule has 9 heteroatoms. The van der Waals surface area contributed by atoms with Crippen molar-refractivity contribution in [3.05, 3.63) is 99.3 Å². The number of aromatic amines is 1. The molecule has 1 N–H and O–H groups in total. The second-order valence-electron chi connectivity index (χ2n) is 7.63. The van der Waals surface area contributed by atoms with Crippen molar-refractivity contribution in [3.63, 3.8) is 0 Å². The van der Waals surface area contributed by atoms with Crippen molar-refractivity contribution in [1.82, 2.24) is 9.29 Å². The lowest BCUT2D eigenvalue weighted by Crippen LogP contribution is -2.32. The van der Waals surface area contributed by atoms with Gasteiger partial charge in [0.05, 0.1) is 24.6 Å². The minimum absolute atomic E-state index is 0.0925. The van der Waals surface area contributed by atoms with Crippen LogP contribution in [0, 0.1) is 0 Å². The summed E-state index contributed by atoms with van der Waals surface area (Å²) in [5.74, 6) is 0.984. The molecular formula is C25H23ClN2O5S. The van der Waals surface area contributed by atoms with Crippen molar-refractivity contribution < 1.29 is 17.9 Å². The van der Waals surface area contributed by atoms with E-state index in [1.54, 1.807) is 18.2 Å². The molecule has 0 spiro atoms. The standard InChI is InChI=1S/C25H23ClN2O5S/c1-32-23-13-18-12-19(25(29)27-22(18)14-24(23)33-2)16-28(15-17-6-4-3-5-7-17)34(30,31)21-10-8-20(26)9-11-21/h3-14H,15-16H2,1-2H3,(H,27,29). The van der Waals surface area contributed by atoms with Gasteiger partial charge in [-0.2, -0.15) is 4.31 Å². The van der Waals surface area contributed by atoms with Crippen LogP contribution in [0.3, 0.4) is 0 Å². The third-order valence-corrected chi connectivity index (χ3v) is 7.48. The van der Waals surface area contributed by atoms with Gasteiger partial charge in [0.25, 0.3) is 5.56 Å². The smallest absolute Gasteiger partial charge is 0.252 e. The van der Waals surface area contributed by atoms with E-state index in [1.165, 1.54) is 42.8 Å². The number of hydrogen-bond acceptors (Lipinski definition) is 5. The molecule has 0 unspecified atom stereocenters. The van der Waals surface area contributed by atoms with Crippen molar-refractivity contribution in [2.75, 3.05) is 14.2 Å². The third kappa shape index (κ3) is 4.94. The maximum atomic E-state index is 13.5. The molecule has 0 aliphatic rings. The minimum Gasteiger partial charge on any atom is -0.493 e. The van der Waals surface area contributed by atoms with E-state index in [0.717, 1.165) is 5.56 Å². The first-order valence-electron chi connectivity index (χ1n) is 10.4. The van der Waals surface area contributed by atoms with Crippen molar-refractivity contribution in [1.29, 1.82) is 0 Å². The van der Waals surface area contributed by atoms with Gasteiger partial charge in [-0.05, 0) is 42.0 Å². The molecule has 1 aromatic heterocycles. The van der Waals surface area contributed by atoms with Crippen LogP contribution in [-0.4, -0.2) is 31.9 Å². The number of fused-ring (bicyclic) bond motifs is 1. The van der Waals surface area contributed by atoms with Crippen LogP contribution in [0.15, 0.2) is 82.5 Å². The van der Waals surface area contributed by atoms with Crippen LogP contribution >= 0.6 is 11.6 Å². The number of halogens is 1. The number of hydrogen-bond donors (Lipinski definition) is 1. The van der Waals surface area contributed by atoms with E-state index < -0.39 is 10.0 Å². The molecule has 34 heavy (non-hydrogen) atoms. The van der Waals surface area contributed by atoms with E-state index in [4.69, 9.17) is 21.1 Å². The Balaban J connectivity index is 1.78. The summed E-state index contributed by atoms with van der Waals surface area (Å²) < 4.78 is 39.0. The summed E-state index contributed by atoms with van der Waals surface area (Å²) in [4.78, 5) is 15.8. The molecule has 0 aliphatic heterocycles. The summed E-state index contributed by atoms with van der Waals surface area (Å²) in [5, 5.41) is 1.12. The van der Waals surface area contributed by atoms with Gasteiger partial charge in [0.2, 0.25) is 10.0 Å². The normalized spacial score (nSPS) is 11.6. The molecule has 0 saturated carbocycles. The van der Waals surface area contributed by atoms with Gasteiger partial charge in [-0.15, -0.1) is 0 Å². The van der Waals surface area contributed by atoms with Crippen molar-refractivity contribution in [2.45, 2.75) is 18.0 Å². The van der Waals surface area contributed by atoms with Gasteiger partial charge in [-0.25, -0.2) is 8.42 Å². The van der Waals surface area contributed by atoms with Crippen LogP contribution in [0.5, 0.6) is 11.5 Å². The summed E-state index contributed by atoms with van der Waals surface area (Å²) in [6.45, 7) is -0.0331. The van der Waals surface area contributed by atoms with E-state index in [9.17, 15) is 13.2 Å². The number of sulfonamides is 1. The topological polar surface area (TPSA) is 88.7 Å². The first-order valence-corrected chi connectivity index (χ1v) is 12.2. The minimum atomic E-state index is -3.93. The maximum Gasteiger partial charge on any atom is 0.252 e. The van der Waals surface area contributed by atoms with Gasteiger partial charge in [0.1, 0.15) is 0 Å². The van der Waals surface area contributed by atoms with Gasteiger partial charge < -0.3 is 14.5 Å². The molecule has 7 nitrogen and oxygen atoms in total. The lowest BCUT2D eigenvalue weighted by Gasteiger charge is -2.22. The fraction of sp³-hybridized carbons (Fsp3) is 0.160. The first kappa shape index (κ1) is 23.8. The number of pyridine rings is 1. The van der Waals surface area contributed by atoms with Crippen LogP contribution in [0.4, 0.5) is 0 Å².